The number of anilines is 1. The van der Waals surface area contributed by atoms with Gasteiger partial charge in [-0.05, 0) is 43.5 Å². The largest absolute Gasteiger partial charge is 0.376 e. The third-order valence-electron chi connectivity index (χ3n) is 3.36. The molecule has 0 bridgehead atoms. The number of rotatable bonds is 5. The van der Waals surface area contributed by atoms with E-state index in [0.29, 0.717) is 5.88 Å². The van der Waals surface area contributed by atoms with Crippen LogP contribution in [-0.2, 0) is 10.6 Å². The molecule has 1 unspecified atom stereocenters. The summed E-state index contributed by atoms with van der Waals surface area (Å²) in [5, 5.41) is 0. The Labute approximate surface area is 113 Å². The molecule has 0 N–H and O–H groups in total. The first-order valence-corrected chi connectivity index (χ1v) is 6.99. The zero-order chi connectivity index (χ0) is 13.0. The van der Waals surface area contributed by atoms with Crippen molar-refractivity contribution in [3.63, 3.8) is 0 Å². The van der Waals surface area contributed by atoms with Crippen LogP contribution in [0.4, 0.5) is 10.1 Å². The number of hydrogen-bond donors (Lipinski definition) is 0. The summed E-state index contributed by atoms with van der Waals surface area (Å²) in [5.74, 6) is 0.0948. The Bertz CT molecular complexity index is 393. The number of hydrogen-bond acceptors (Lipinski definition) is 2. The van der Waals surface area contributed by atoms with Crippen molar-refractivity contribution in [3.8, 4) is 0 Å². The fraction of sp³-hybridized carbons (Fsp3) is 0.571. The molecule has 1 aromatic rings. The molecular weight excluding hydrogens is 253 g/mol. The van der Waals surface area contributed by atoms with Crippen molar-refractivity contribution >= 4 is 17.3 Å². The Balaban J connectivity index is 2.15. The number of likely N-dealkylation sites (N-methyl/N-ethyl adjacent to an activating group) is 1. The molecule has 18 heavy (non-hydrogen) atoms. The van der Waals surface area contributed by atoms with Crippen LogP contribution in [-0.4, -0.2) is 25.8 Å². The Morgan fingerprint density at radius 2 is 2.33 bits per heavy atom. The average Bonchev–Trinajstić information content (AvgIpc) is 2.89. The molecule has 1 aromatic carbocycles. The lowest BCUT2D eigenvalue weighted by Crippen LogP contribution is -2.32. The van der Waals surface area contributed by atoms with Gasteiger partial charge in [-0.15, -0.1) is 11.6 Å². The molecule has 4 heteroatoms. The van der Waals surface area contributed by atoms with Crippen LogP contribution in [0, 0.1) is 5.82 Å². The maximum absolute atomic E-state index is 13.2. The number of benzene rings is 1. The lowest BCUT2D eigenvalue weighted by atomic mass is 10.1. The molecule has 0 aliphatic carbocycles. The zero-order valence-corrected chi connectivity index (χ0v) is 11.4. The summed E-state index contributed by atoms with van der Waals surface area (Å²) in [7, 11) is 0. The van der Waals surface area contributed by atoms with E-state index in [2.05, 4.69) is 11.8 Å². The lowest BCUT2D eigenvalue weighted by molar-refractivity contribution is 0.115. The summed E-state index contributed by atoms with van der Waals surface area (Å²) in [6, 6.07) is 4.82. The van der Waals surface area contributed by atoms with Gasteiger partial charge in [-0.1, -0.05) is 0 Å². The lowest BCUT2D eigenvalue weighted by Gasteiger charge is -2.27. The van der Waals surface area contributed by atoms with E-state index < -0.39 is 0 Å². The molecule has 0 aromatic heterocycles. The van der Waals surface area contributed by atoms with Crippen LogP contribution in [0.5, 0.6) is 0 Å². The molecule has 1 heterocycles. The topological polar surface area (TPSA) is 12.5 Å². The van der Waals surface area contributed by atoms with Crippen LogP contribution in [0.1, 0.15) is 25.3 Å². The number of ether oxygens (including phenoxy) is 1. The van der Waals surface area contributed by atoms with E-state index in [4.69, 9.17) is 16.3 Å². The van der Waals surface area contributed by atoms with E-state index in [0.717, 1.165) is 43.8 Å². The Hall–Kier alpha value is -0.800. The molecule has 1 aliphatic rings. The van der Waals surface area contributed by atoms with Crippen LogP contribution in [0.2, 0.25) is 0 Å². The second-order valence-electron chi connectivity index (χ2n) is 4.58. The second-order valence-corrected chi connectivity index (χ2v) is 4.85. The maximum atomic E-state index is 13.2. The van der Waals surface area contributed by atoms with Gasteiger partial charge in [-0.2, -0.15) is 0 Å². The first-order valence-electron chi connectivity index (χ1n) is 6.45. The van der Waals surface area contributed by atoms with Crippen LogP contribution in [0.3, 0.4) is 0 Å². The molecule has 1 atom stereocenters. The zero-order valence-electron chi connectivity index (χ0n) is 10.7. The highest BCUT2D eigenvalue weighted by atomic mass is 35.5. The van der Waals surface area contributed by atoms with Crippen molar-refractivity contribution in [2.75, 3.05) is 24.6 Å². The van der Waals surface area contributed by atoms with Crippen molar-refractivity contribution in [2.24, 2.45) is 0 Å². The van der Waals surface area contributed by atoms with Gasteiger partial charge in [-0.3, -0.25) is 0 Å². The molecule has 1 fully saturated rings. The Morgan fingerprint density at radius 1 is 1.50 bits per heavy atom. The fourth-order valence-corrected chi connectivity index (χ4v) is 2.62. The molecule has 1 saturated heterocycles. The first kappa shape index (κ1) is 13.6. The van der Waals surface area contributed by atoms with Gasteiger partial charge >= 0.3 is 0 Å². The normalized spacial score (nSPS) is 19.2. The second kappa shape index (κ2) is 6.39. The van der Waals surface area contributed by atoms with Gasteiger partial charge in [0.05, 0.1) is 6.10 Å². The number of nitrogens with zero attached hydrogens (tertiary/aromatic N) is 1. The molecular formula is C14H19ClFNO. The van der Waals surface area contributed by atoms with Crippen LogP contribution in [0.25, 0.3) is 0 Å². The molecule has 100 valence electrons. The summed E-state index contributed by atoms with van der Waals surface area (Å²) in [6.45, 7) is 4.67. The van der Waals surface area contributed by atoms with Crippen LogP contribution in [0.15, 0.2) is 18.2 Å². The van der Waals surface area contributed by atoms with Crippen LogP contribution < -0.4 is 4.90 Å². The van der Waals surface area contributed by atoms with E-state index in [1.54, 1.807) is 0 Å². The van der Waals surface area contributed by atoms with E-state index in [9.17, 15) is 4.39 Å². The minimum Gasteiger partial charge on any atom is -0.376 e. The van der Waals surface area contributed by atoms with Gasteiger partial charge in [-0.25, -0.2) is 4.39 Å². The van der Waals surface area contributed by atoms with E-state index in [1.807, 2.05) is 6.07 Å². The van der Waals surface area contributed by atoms with Crippen molar-refractivity contribution < 1.29 is 9.13 Å². The third-order valence-corrected chi connectivity index (χ3v) is 3.64. The van der Waals surface area contributed by atoms with Crippen molar-refractivity contribution in [1.82, 2.24) is 0 Å². The SMILES string of the molecule is CCN(CC1CCCO1)c1ccc(F)cc1CCl. The van der Waals surface area contributed by atoms with Gasteiger partial charge < -0.3 is 9.64 Å². The molecule has 2 nitrogen and oxygen atoms in total. The molecule has 0 radical (unpaired) electrons. The minimum absolute atomic E-state index is 0.234. The molecule has 1 aliphatic heterocycles. The molecule has 0 spiro atoms. The van der Waals surface area contributed by atoms with Crippen molar-refractivity contribution in [1.29, 1.82) is 0 Å². The van der Waals surface area contributed by atoms with Crippen LogP contribution >= 0.6 is 11.6 Å². The smallest absolute Gasteiger partial charge is 0.123 e. The highest BCUT2D eigenvalue weighted by Crippen LogP contribution is 2.25. The number of alkyl halides is 1. The third kappa shape index (κ3) is 3.15. The first-order chi connectivity index (χ1) is 8.74. The van der Waals surface area contributed by atoms with Gasteiger partial charge in [0.15, 0.2) is 0 Å². The minimum atomic E-state index is -0.234. The highest BCUT2D eigenvalue weighted by molar-refractivity contribution is 6.17. The quantitative estimate of drug-likeness (QED) is 0.759. The fourth-order valence-electron chi connectivity index (χ4n) is 2.40. The summed E-state index contributed by atoms with van der Waals surface area (Å²) >= 11 is 5.90. The Morgan fingerprint density at radius 3 is 2.94 bits per heavy atom. The van der Waals surface area contributed by atoms with Gasteiger partial charge in [0.1, 0.15) is 5.82 Å². The van der Waals surface area contributed by atoms with Crippen molar-refractivity contribution in [2.45, 2.75) is 31.7 Å². The van der Waals surface area contributed by atoms with E-state index in [1.165, 1.54) is 12.1 Å². The summed E-state index contributed by atoms with van der Waals surface area (Å²) in [6.07, 6.45) is 2.53. The summed E-state index contributed by atoms with van der Waals surface area (Å²) in [5.41, 5.74) is 1.86. The predicted octanol–water partition coefficient (Wildman–Crippen LogP) is 3.57. The van der Waals surface area contributed by atoms with E-state index >= 15 is 0 Å². The monoisotopic (exact) mass is 271 g/mol. The van der Waals surface area contributed by atoms with Crippen molar-refractivity contribution in [3.05, 3.63) is 29.6 Å². The van der Waals surface area contributed by atoms with E-state index in [-0.39, 0.29) is 11.9 Å². The number of halogens is 2. The maximum Gasteiger partial charge on any atom is 0.123 e. The summed E-state index contributed by atoms with van der Waals surface area (Å²) < 4.78 is 18.9. The molecule has 2 rings (SSSR count). The molecule has 0 saturated carbocycles. The molecule has 0 amide bonds. The Kier molecular flexibility index (Phi) is 4.84. The average molecular weight is 272 g/mol. The summed E-state index contributed by atoms with van der Waals surface area (Å²) in [4.78, 5) is 2.22. The van der Waals surface area contributed by atoms with Gasteiger partial charge in [0.2, 0.25) is 0 Å². The highest BCUT2D eigenvalue weighted by Gasteiger charge is 2.20. The predicted molar refractivity (Wildman–Crippen MR) is 72.8 cm³/mol. The van der Waals surface area contributed by atoms with Gasteiger partial charge in [0, 0.05) is 31.3 Å². The standard InChI is InChI=1S/C14H19ClFNO/c1-2-17(10-13-4-3-7-18-13)14-6-5-12(16)8-11(14)9-15/h5-6,8,13H,2-4,7,9-10H2,1H3. The van der Waals surface area contributed by atoms with Gasteiger partial charge in [0.25, 0.3) is 0 Å².